The molecule has 0 aliphatic heterocycles. The molecular weight excluding hydrogens is 949 g/mol. The molecule has 5 aromatic rings. The van der Waals surface area contributed by atoms with Crippen molar-refractivity contribution >= 4 is 11.9 Å². The van der Waals surface area contributed by atoms with Gasteiger partial charge in [0, 0.05) is 36.8 Å². The quantitative estimate of drug-likeness (QED) is 0.0827. The number of aromatic hydroxyl groups is 3. The van der Waals surface area contributed by atoms with E-state index in [1.165, 1.54) is 12.8 Å². The highest BCUT2D eigenvalue weighted by Crippen LogP contribution is 2.61. The fraction of sp³-hybridized carbons (Fsp3) is 0.522. The number of ether oxygens (including phenoxy) is 4. The van der Waals surface area contributed by atoms with Gasteiger partial charge in [-0.3, -0.25) is 0 Å². The molecule has 13 rings (SSSR count). The van der Waals surface area contributed by atoms with E-state index in [1.54, 1.807) is 0 Å². The summed E-state index contributed by atoms with van der Waals surface area (Å²) >= 11 is 0. The van der Waals surface area contributed by atoms with Gasteiger partial charge >= 0.3 is 11.9 Å². The van der Waals surface area contributed by atoms with Crippen molar-refractivity contribution in [3.05, 3.63) is 144 Å². The van der Waals surface area contributed by atoms with Crippen LogP contribution in [0, 0.1) is 95.8 Å². The normalized spacial score (nSPS) is 27.7. The Morgan fingerprint density at radius 2 is 0.776 bits per heavy atom. The van der Waals surface area contributed by atoms with Crippen LogP contribution < -0.4 is 9.47 Å². The third-order valence-corrected chi connectivity index (χ3v) is 20.2. The predicted octanol–water partition coefficient (Wildman–Crippen LogP) is 13.6. The minimum atomic E-state index is -0.430. The van der Waals surface area contributed by atoms with Crippen LogP contribution in [0.4, 0.5) is 0 Å². The van der Waals surface area contributed by atoms with Crippen molar-refractivity contribution in [3.8, 4) is 28.7 Å². The van der Waals surface area contributed by atoms with Gasteiger partial charge < -0.3 is 34.3 Å². The molecule has 0 saturated heterocycles. The maximum Gasteiger partial charge on any atom is 0.344 e. The largest absolute Gasteiger partial charge is 0.507 e. The average molecular weight is 1030 g/mol. The van der Waals surface area contributed by atoms with Crippen LogP contribution in [0.25, 0.3) is 0 Å². The molecule has 8 bridgehead atoms. The van der Waals surface area contributed by atoms with Crippen LogP contribution in [-0.4, -0.2) is 51.7 Å². The third-order valence-electron chi connectivity index (χ3n) is 20.2. The lowest BCUT2D eigenvalue weighted by atomic mass is 9.50. The highest BCUT2D eigenvalue weighted by Gasteiger charge is 2.58. The van der Waals surface area contributed by atoms with Crippen LogP contribution in [0.1, 0.15) is 162 Å². The van der Waals surface area contributed by atoms with Gasteiger partial charge in [-0.25, -0.2) is 9.59 Å². The second-order valence-corrected chi connectivity index (χ2v) is 25.5. The summed E-state index contributed by atoms with van der Waals surface area (Å²) in [5.74, 6) is 6.01. The van der Waals surface area contributed by atoms with Gasteiger partial charge in [0.15, 0.2) is 13.2 Å². The van der Waals surface area contributed by atoms with Crippen LogP contribution in [0.5, 0.6) is 28.7 Å². The van der Waals surface area contributed by atoms with Crippen molar-refractivity contribution < 1.29 is 43.9 Å². The minimum absolute atomic E-state index is 0.176. The van der Waals surface area contributed by atoms with E-state index < -0.39 is 11.2 Å². The van der Waals surface area contributed by atoms with Gasteiger partial charge in [-0.2, -0.15) is 0 Å². The summed E-state index contributed by atoms with van der Waals surface area (Å²) < 4.78 is 25.3. The van der Waals surface area contributed by atoms with Crippen LogP contribution in [0.2, 0.25) is 0 Å². The van der Waals surface area contributed by atoms with Gasteiger partial charge in [-0.15, -0.1) is 0 Å². The fourth-order valence-electron chi connectivity index (χ4n) is 16.3. The van der Waals surface area contributed by atoms with Crippen molar-refractivity contribution in [2.45, 2.75) is 163 Å². The number of carbonyl (C=O) groups is 2. The zero-order chi connectivity index (χ0) is 53.5. The lowest BCUT2D eigenvalue weighted by Crippen LogP contribution is -2.58. The highest BCUT2D eigenvalue weighted by molar-refractivity contribution is 5.72. The number of phenolic OH excluding ortho intramolecular Hbond substituents is 3. The molecule has 76 heavy (non-hydrogen) atoms. The Bertz CT molecular complexity index is 2850. The minimum Gasteiger partial charge on any atom is -0.507 e. The van der Waals surface area contributed by atoms with Gasteiger partial charge in [-0.1, -0.05) is 65.2 Å². The van der Waals surface area contributed by atoms with Crippen LogP contribution in [0.15, 0.2) is 60.7 Å². The summed E-state index contributed by atoms with van der Waals surface area (Å²) in [6.07, 6.45) is 13.6. The number of rotatable bonds is 16. The topological polar surface area (TPSA) is 132 Å². The Kier molecular flexibility index (Phi) is 13.8. The summed E-state index contributed by atoms with van der Waals surface area (Å²) in [5.41, 5.74) is 12.4. The van der Waals surface area contributed by atoms with Crippen molar-refractivity contribution in [1.29, 1.82) is 0 Å². The van der Waals surface area contributed by atoms with Crippen molar-refractivity contribution in [2.75, 3.05) is 13.2 Å². The molecule has 0 atom stereocenters. The zero-order valence-corrected chi connectivity index (χ0v) is 46.5. The summed E-state index contributed by atoms with van der Waals surface area (Å²) in [5, 5.41) is 35.5. The number of phenols is 3. The maximum atomic E-state index is 13.5. The predicted molar refractivity (Wildman–Crippen MR) is 296 cm³/mol. The monoisotopic (exact) mass is 1030 g/mol. The molecule has 9 nitrogen and oxygen atoms in total. The molecule has 0 radical (unpaired) electrons. The van der Waals surface area contributed by atoms with Crippen LogP contribution >= 0.6 is 0 Å². The molecule has 0 spiro atoms. The molecule has 0 heterocycles. The Labute approximate surface area is 450 Å². The number of esters is 2. The first-order chi connectivity index (χ1) is 36.2. The van der Waals surface area contributed by atoms with Crippen LogP contribution in [0.3, 0.4) is 0 Å². The van der Waals surface area contributed by atoms with E-state index in [9.17, 15) is 24.9 Å². The van der Waals surface area contributed by atoms with Crippen LogP contribution in [-0.2, 0) is 44.7 Å². The average Bonchev–Trinajstić information content (AvgIpc) is 3.43. The fourth-order valence-corrected chi connectivity index (χ4v) is 16.3. The SMILES string of the molecule is Cc1ccc(OCC(=O)OC2(C)C3CC4CC(C3)CC2C4)c(Cc2c(C)c(Cc3cc(C)cc(Cc4cc(C)c(O)c(Cc5cc(C)ccc5OCC(=O)OC5(C)C6CC7CC(C6)CC5C7)c4C)c3O)cc(C)c2O)c1. The molecule has 8 saturated carbocycles. The van der Waals surface area contributed by atoms with E-state index in [1.807, 2.05) is 97.0 Å². The lowest BCUT2D eigenvalue weighted by molar-refractivity contribution is -0.205. The molecule has 0 unspecified atom stereocenters. The number of hydrogen-bond acceptors (Lipinski definition) is 9. The van der Waals surface area contributed by atoms with Crippen molar-refractivity contribution in [1.82, 2.24) is 0 Å². The van der Waals surface area contributed by atoms with E-state index in [2.05, 4.69) is 26.0 Å². The molecule has 8 fully saturated rings. The molecule has 0 aromatic heterocycles. The second kappa shape index (κ2) is 20.1. The van der Waals surface area contributed by atoms with Gasteiger partial charge in [0.05, 0.1) is 0 Å². The number of benzene rings is 5. The van der Waals surface area contributed by atoms with E-state index in [-0.39, 0.29) is 42.4 Å². The molecule has 8 aliphatic carbocycles. The Morgan fingerprint density at radius 3 is 1.13 bits per heavy atom. The van der Waals surface area contributed by atoms with Gasteiger partial charge in [0.25, 0.3) is 0 Å². The summed E-state index contributed by atoms with van der Waals surface area (Å²) in [7, 11) is 0. The highest BCUT2D eigenvalue weighted by atomic mass is 16.6. The lowest BCUT2D eigenvalue weighted by Gasteiger charge is -2.59. The Morgan fingerprint density at radius 1 is 0.434 bits per heavy atom. The molecule has 8 aliphatic rings. The van der Waals surface area contributed by atoms with Gasteiger partial charge in [-0.05, 0) is 242 Å². The molecule has 3 N–H and O–H groups in total. The Hall–Kier alpha value is -5.96. The first kappa shape index (κ1) is 52.1. The van der Waals surface area contributed by atoms with E-state index >= 15 is 0 Å². The zero-order valence-electron chi connectivity index (χ0n) is 46.5. The molecule has 402 valence electrons. The summed E-state index contributed by atoms with van der Waals surface area (Å²) in [6.45, 7) is 17.9. The third kappa shape index (κ3) is 9.87. The molecule has 0 amide bonds. The summed E-state index contributed by atoms with van der Waals surface area (Å²) in [6, 6.07) is 20.0. The van der Waals surface area contributed by atoms with Gasteiger partial charge in [0.2, 0.25) is 0 Å². The standard InChI is InChI=1S/C67H80O9/c1-36-10-12-59(73-34-61(68)75-66(8)53-22-43-20-44(24-53)25-54(66)23-43)49(14-36)32-57-41(6)47(18-39(4)63(57)70)30-51-16-38(3)17-52(65(51)72)31-48-19-40(5)64(71)58(42(48)7)33-50-15-37(2)11-13-60(50)74-35-62(69)76-67(9)55-26-45-21-46(28-55)29-56(67)27-45/h10-19,43-46,53-56,70-72H,20-35H2,1-9H3. The smallest absolute Gasteiger partial charge is 0.344 e. The van der Waals surface area contributed by atoms with E-state index in [4.69, 9.17) is 18.9 Å². The van der Waals surface area contributed by atoms with Crippen molar-refractivity contribution in [3.63, 3.8) is 0 Å². The second-order valence-electron chi connectivity index (χ2n) is 25.5. The molecule has 9 heteroatoms. The van der Waals surface area contributed by atoms with Crippen molar-refractivity contribution in [2.24, 2.45) is 47.3 Å². The molecule has 5 aromatic carbocycles. The molecular formula is C67H80O9. The number of carbonyl (C=O) groups excluding carboxylic acids is 2. The van der Waals surface area contributed by atoms with E-state index in [0.29, 0.717) is 60.9 Å². The Balaban J connectivity index is 0.789. The first-order valence-electron chi connectivity index (χ1n) is 28.5. The van der Waals surface area contributed by atoms with Gasteiger partial charge in [0.1, 0.15) is 39.9 Å². The van der Waals surface area contributed by atoms with E-state index in [0.717, 1.165) is 158 Å². The number of hydrogen-bond donors (Lipinski definition) is 3. The summed E-state index contributed by atoms with van der Waals surface area (Å²) in [4.78, 5) is 27.1. The first-order valence-corrected chi connectivity index (χ1v) is 28.5. The number of aryl methyl sites for hydroxylation is 5. The maximum absolute atomic E-state index is 13.5.